The summed E-state index contributed by atoms with van der Waals surface area (Å²) < 4.78 is 19.1. The highest BCUT2D eigenvalue weighted by molar-refractivity contribution is 5.30. The van der Waals surface area contributed by atoms with E-state index < -0.39 is 0 Å². The van der Waals surface area contributed by atoms with Crippen LogP contribution < -0.4 is 4.74 Å². The van der Waals surface area contributed by atoms with Gasteiger partial charge in [-0.05, 0) is 61.2 Å². The summed E-state index contributed by atoms with van der Waals surface area (Å²) in [6.07, 6.45) is 1.27. The molecule has 0 aliphatic carbocycles. The van der Waals surface area contributed by atoms with E-state index >= 15 is 0 Å². The summed E-state index contributed by atoms with van der Waals surface area (Å²) >= 11 is 0. The van der Waals surface area contributed by atoms with Crippen molar-refractivity contribution in [1.82, 2.24) is 9.80 Å². The average molecular weight is 419 g/mol. The van der Waals surface area contributed by atoms with Crippen LogP contribution in [0.4, 0.5) is 4.39 Å². The van der Waals surface area contributed by atoms with Gasteiger partial charge in [-0.25, -0.2) is 4.39 Å². The third-order valence-electron chi connectivity index (χ3n) is 5.88. The largest absolute Gasteiger partial charge is 0.494 e. The zero-order chi connectivity index (χ0) is 21.6. The number of benzene rings is 3. The maximum absolute atomic E-state index is 13.4. The minimum atomic E-state index is -0.188. The number of rotatable bonds is 7. The van der Waals surface area contributed by atoms with E-state index in [1.54, 1.807) is 12.1 Å². The zero-order valence-corrected chi connectivity index (χ0v) is 18.4. The molecule has 0 amide bonds. The van der Waals surface area contributed by atoms with Gasteiger partial charge in [0.15, 0.2) is 0 Å². The molecule has 4 heteroatoms. The van der Waals surface area contributed by atoms with Gasteiger partial charge in [0, 0.05) is 26.2 Å². The molecule has 1 atom stereocenters. The molecule has 0 radical (unpaired) electrons. The van der Waals surface area contributed by atoms with Gasteiger partial charge in [0.2, 0.25) is 0 Å². The summed E-state index contributed by atoms with van der Waals surface area (Å²) in [5, 5.41) is 0. The second-order valence-electron chi connectivity index (χ2n) is 8.28. The van der Waals surface area contributed by atoms with Crippen LogP contribution in [0.1, 0.15) is 41.8 Å². The van der Waals surface area contributed by atoms with Crippen molar-refractivity contribution in [2.75, 3.05) is 19.7 Å². The van der Waals surface area contributed by atoms with Crippen molar-refractivity contribution in [3.8, 4) is 5.75 Å². The fourth-order valence-electron chi connectivity index (χ4n) is 4.36. The second kappa shape index (κ2) is 10.1. The van der Waals surface area contributed by atoms with Crippen molar-refractivity contribution >= 4 is 0 Å². The smallest absolute Gasteiger partial charge is 0.123 e. The van der Waals surface area contributed by atoms with Gasteiger partial charge in [-0.3, -0.25) is 9.80 Å². The minimum Gasteiger partial charge on any atom is -0.494 e. The molecule has 162 valence electrons. The second-order valence-corrected chi connectivity index (χ2v) is 8.28. The third-order valence-corrected chi connectivity index (χ3v) is 5.88. The standard InChI is InChI=1S/C27H31FN2O/c1-3-31-26-15-11-24(12-16-26)27-29(19-22-7-5-21(2)6-8-22)17-4-18-30(27)20-23-9-13-25(28)14-10-23/h5-16,27H,3-4,17-20H2,1-2H3/t27-/m1/s1. The van der Waals surface area contributed by atoms with E-state index in [2.05, 4.69) is 65.3 Å². The maximum Gasteiger partial charge on any atom is 0.123 e. The van der Waals surface area contributed by atoms with E-state index in [9.17, 15) is 4.39 Å². The molecule has 3 aromatic carbocycles. The van der Waals surface area contributed by atoms with Crippen LogP contribution in [0.25, 0.3) is 0 Å². The van der Waals surface area contributed by atoms with E-state index in [0.29, 0.717) is 6.61 Å². The van der Waals surface area contributed by atoms with Crippen molar-refractivity contribution < 1.29 is 9.13 Å². The van der Waals surface area contributed by atoms with Gasteiger partial charge >= 0.3 is 0 Å². The van der Waals surface area contributed by atoms with Crippen molar-refractivity contribution in [2.45, 2.75) is 39.5 Å². The molecule has 0 spiro atoms. The van der Waals surface area contributed by atoms with Crippen LogP contribution in [0.3, 0.4) is 0 Å². The van der Waals surface area contributed by atoms with Crippen LogP contribution in [-0.2, 0) is 13.1 Å². The predicted octanol–water partition coefficient (Wildman–Crippen LogP) is 5.94. The van der Waals surface area contributed by atoms with Crippen LogP contribution in [0, 0.1) is 12.7 Å². The summed E-state index contributed by atoms with van der Waals surface area (Å²) in [7, 11) is 0. The fraction of sp³-hybridized carbons (Fsp3) is 0.333. The van der Waals surface area contributed by atoms with Gasteiger partial charge in [-0.2, -0.15) is 0 Å². The van der Waals surface area contributed by atoms with Crippen molar-refractivity contribution in [3.05, 3.63) is 101 Å². The van der Waals surface area contributed by atoms with Gasteiger partial charge in [0.1, 0.15) is 11.6 Å². The lowest BCUT2D eigenvalue weighted by Crippen LogP contribution is -2.46. The lowest BCUT2D eigenvalue weighted by atomic mass is 10.0. The maximum atomic E-state index is 13.4. The molecule has 3 nitrogen and oxygen atoms in total. The SMILES string of the molecule is CCOc1ccc([C@@H]2N(Cc3ccc(C)cc3)CCCN2Cc2ccc(F)cc2)cc1. The summed E-state index contributed by atoms with van der Waals surface area (Å²) in [4.78, 5) is 5.05. The molecule has 0 bridgehead atoms. The molecule has 4 rings (SSSR count). The van der Waals surface area contributed by atoms with E-state index in [1.165, 1.54) is 16.7 Å². The summed E-state index contributed by atoms with van der Waals surface area (Å²) in [6.45, 7) is 8.55. The highest BCUT2D eigenvalue weighted by atomic mass is 19.1. The summed E-state index contributed by atoms with van der Waals surface area (Å²) in [6, 6.07) is 24.2. The molecule has 1 fully saturated rings. The van der Waals surface area contributed by atoms with E-state index in [1.807, 2.05) is 19.1 Å². The quantitative estimate of drug-likeness (QED) is 0.472. The number of ether oxygens (including phenoxy) is 1. The number of aryl methyl sites for hydroxylation is 1. The predicted molar refractivity (Wildman–Crippen MR) is 123 cm³/mol. The monoisotopic (exact) mass is 418 g/mol. The number of halogens is 1. The molecule has 0 aromatic heterocycles. The molecule has 1 saturated heterocycles. The normalized spacial score (nSPS) is 17.6. The van der Waals surface area contributed by atoms with Crippen molar-refractivity contribution in [2.24, 2.45) is 0 Å². The Hall–Kier alpha value is -2.69. The molecule has 1 heterocycles. The number of nitrogens with zero attached hydrogens (tertiary/aromatic N) is 2. The number of hydrogen-bond acceptors (Lipinski definition) is 3. The van der Waals surface area contributed by atoms with E-state index in [4.69, 9.17) is 4.74 Å². The molecule has 1 aliphatic rings. The Morgan fingerprint density at radius 3 is 1.90 bits per heavy atom. The molecular formula is C27H31FN2O. The van der Waals surface area contributed by atoms with Crippen molar-refractivity contribution in [1.29, 1.82) is 0 Å². The van der Waals surface area contributed by atoms with Crippen LogP contribution in [0.2, 0.25) is 0 Å². The van der Waals surface area contributed by atoms with Gasteiger partial charge in [0.25, 0.3) is 0 Å². The Morgan fingerprint density at radius 2 is 1.35 bits per heavy atom. The first-order valence-corrected chi connectivity index (χ1v) is 11.1. The molecular weight excluding hydrogens is 387 g/mol. The van der Waals surface area contributed by atoms with Crippen LogP contribution in [-0.4, -0.2) is 29.5 Å². The Balaban J connectivity index is 1.61. The molecule has 0 saturated carbocycles. The van der Waals surface area contributed by atoms with E-state index in [-0.39, 0.29) is 12.0 Å². The molecule has 3 aromatic rings. The zero-order valence-electron chi connectivity index (χ0n) is 18.4. The molecule has 0 unspecified atom stereocenters. The van der Waals surface area contributed by atoms with Crippen molar-refractivity contribution in [3.63, 3.8) is 0 Å². The van der Waals surface area contributed by atoms with Gasteiger partial charge in [-0.1, -0.05) is 54.1 Å². The lowest BCUT2D eigenvalue weighted by molar-refractivity contribution is -0.00912. The van der Waals surface area contributed by atoms with Crippen LogP contribution in [0.15, 0.2) is 72.8 Å². The third kappa shape index (κ3) is 5.52. The highest BCUT2D eigenvalue weighted by Crippen LogP contribution is 2.33. The highest BCUT2D eigenvalue weighted by Gasteiger charge is 2.30. The molecule has 1 aliphatic heterocycles. The Bertz CT molecular complexity index is 899. The molecule has 31 heavy (non-hydrogen) atoms. The molecule has 0 N–H and O–H groups in total. The van der Waals surface area contributed by atoms with Gasteiger partial charge < -0.3 is 4.74 Å². The first-order valence-electron chi connectivity index (χ1n) is 11.1. The Kier molecular flexibility index (Phi) is 7.00. The van der Waals surface area contributed by atoms with Gasteiger partial charge in [-0.15, -0.1) is 0 Å². The van der Waals surface area contributed by atoms with Crippen LogP contribution in [0.5, 0.6) is 5.75 Å². The Labute approximate surface area is 185 Å². The summed E-state index contributed by atoms with van der Waals surface area (Å²) in [5.74, 6) is 0.712. The lowest BCUT2D eigenvalue weighted by Gasteiger charge is -2.44. The van der Waals surface area contributed by atoms with Crippen LogP contribution >= 0.6 is 0 Å². The first-order chi connectivity index (χ1) is 15.1. The average Bonchev–Trinajstić information content (AvgIpc) is 2.78. The minimum absolute atomic E-state index is 0.163. The Morgan fingerprint density at radius 1 is 0.806 bits per heavy atom. The topological polar surface area (TPSA) is 15.7 Å². The van der Waals surface area contributed by atoms with Gasteiger partial charge in [0.05, 0.1) is 12.8 Å². The number of hydrogen-bond donors (Lipinski definition) is 0. The first kappa shape index (κ1) is 21.5. The van der Waals surface area contributed by atoms with E-state index in [0.717, 1.165) is 43.9 Å². The fourth-order valence-corrected chi connectivity index (χ4v) is 4.36. The summed E-state index contributed by atoms with van der Waals surface area (Å²) in [5.41, 5.74) is 5.00.